The molecule has 2 aromatic rings. The number of carbonyl (C=O) groups excluding carboxylic acids is 1. The normalized spacial score (nSPS) is 12.7. The largest absolute Gasteiger partial charge is 0.491 e. The van der Waals surface area contributed by atoms with Gasteiger partial charge in [0.25, 0.3) is 11.7 Å². The summed E-state index contributed by atoms with van der Waals surface area (Å²) < 4.78 is 68.0. The third-order valence-corrected chi connectivity index (χ3v) is 4.05. The first-order valence-electron chi connectivity index (χ1n) is 7.83. The van der Waals surface area contributed by atoms with Gasteiger partial charge in [-0.3, -0.25) is 4.79 Å². The molecule has 0 saturated heterocycles. The predicted molar refractivity (Wildman–Crippen MR) is 91.4 cm³/mol. The molecular formula is C17H15F5N2O3S. The van der Waals surface area contributed by atoms with Crippen molar-refractivity contribution >= 4 is 17.7 Å². The van der Waals surface area contributed by atoms with Crippen molar-refractivity contribution in [2.24, 2.45) is 0 Å². The molecule has 1 amide bonds. The number of hydrogen-bond donors (Lipinski definition) is 2. The second kappa shape index (κ2) is 9.69. The summed E-state index contributed by atoms with van der Waals surface area (Å²) in [7, 11) is 0. The van der Waals surface area contributed by atoms with Crippen molar-refractivity contribution in [3.8, 4) is 5.75 Å². The summed E-state index contributed by atoms with van der Waals surface area (Å²) in [6.45, 7) is -0.682. The summed E-state index contributed by atoms with van der Waals surface area (Å²) in [5.74, 6) is -3.58. The number of pyridine rings is 1. The zero-order chi connectivity index (χ0) is 20.7. The molecule has 2 N–H and O–H groups in total. The number of alkyl halides is 5. The van der Waals surface area contributed by atoms with E-state index in [0.29, 0.717) is 0 Å². The molecule has 11 heteroatoms. The molecule has 0 aliphatic carbocycles. The highest BCUT2D eigenvalue weighted by Gasteiger charge is 2.30. The number of aliphatic hydroxyl groups is 1. The maximum absolute atomic E-state index is 12.6. The maximum Gasteiger partial charge on any atom is 0.416 e. The molecular weight excluding hydrogens is 407 g/mol. The molecule has 0 fully saturated rings. The molecule has 1 heterocycles. The van der Waals surface area contributed by atoms with Crippen molar-refractivity contribution in [1.82, 2.24) is 10.3 Å². The highest BCUT2D eigenvalue weighted by molar-refractivity contribution is 7.99. The van der Waals surface area contributed by atoms with Crippen molar-refractivity contribution in [1.29, 1.82) is 0 Å². The number of amides is 1. The zero-order valence-electron chi connectivity index (χ0n) is 14.1. The molecule has 2 rings (SSSR count). The molecule has 1 unspecified atom stereocenters. The van der Waals surface area contributed by atoms with Crippen molar-refractivity contribution in [2.45, 2.75) is 23.1 Å². The van der Waals surface area contributed by atoms with Crippen LogP contribution in [0.2, 0.25) is 0 Å². The summed E-state index contributed by atoms with van der Waals surface area (Å²) in [4.78, 5) is 15.8. The Morgan fingerprint density at radius 2 is 2.00 bits per heavy atom. The van der Waals surface area contributed by atoms with Crippen molar-refractivity contribution in [3.05, 3.63) is 53.7 Å². The van der Waals surface area contributed by atoms with E-state index >= 15 is 0 Å². The Bertz CT molecular complexity index is 804. The van der Waals surface area contributed by atoms with Crippen LogP contribution in [0.15, 0.2) is 47.6 Å². The Morgan fingerprint density at radius 3 is 2.68 bits per heavy atom. The molecule has 0 aliphatic heterocycles. The third-order valence-electron chi connectivity index (χ3n) is 3.32. The van der Waals surface area contributed by atoms with Gasteiger partial charge in [0.05, 0.1) is 11.1 Å². The van der Waals surface area contributed by atoms with E-state index < -0.39 is 29.5 Å². The lowest BCUT2D eigenvalue weighted by atomic mass is 10.2. The van der Waals surface area contributed by atoms with Gasteiger partial charge in [-0.2, -0.15) is 22.0 Å². The minimum Gasteiger partial charge on any atom is -0.491 e. The number of thioether (sulfide) groups is 1. The minimum atomic E-state index is -4.52. The number of nitrogens with one attached hydrogen (secondary N) is 1. The molecule has 1 aromatic heterocycles. The van der Waals surface area contributed by atoms with Gasteiger partial charge in [0.15, 0.2) is 0 Å². The number of carbonyl (C=O) groups is 1. The Hall–Kier alpha value is -2.40. The fourth-order valence-electron chi connectivity index (χ4n) is 2.06. The quantitative estimate of drug-likeness (QED) is 0.503. The summed E-state index contributed by atoms with van der Waals surface area (Å²) in [5, 5.41) is 12.0. The highest BCUT2D eigenvalue weighted by atomic mass is 32.2. The Labute approximate surface area is 160 Å². The molecule has 0 saturated carbocycles. The standard InChI is InChI=1S/C17H15F5N2O3S/c18-16(19)28-15-13(5-2-6-23-15)14(26)24-8-11(25)9-27-12-4-1-3-10(7-12)17(20,21)22/h1-7,11,16,25H,8-9H2,(H,24,26). The van der Waals surface area contributed by atoms with Crippen LogP contribution in [-0.4, -0.2) is 41.0 Å². The van der Waals surface area contributed by atoms with E-state index in [4.69, 9.17) is 4.74 Å². The summed E-state index contributed by atoms with van der Waals surface area (Å²) in [6, 6.07) is 6.83. The third kappa shape index (κ3) is 6.64. The number of benzene rings is 1. The van der Waals surface area contributed by atoms with Crippen LogP contribution in [0.1, 0.15) is 15.9 Å². The van der Waals surface area contributed by atoms with Gasteiger partial charge in [0, 0.05) is 12.7 Å². The number of hydrogen-bond acceptors (Lipinski definition) is 5. The van der Waals surface area contributed by atoms with Crippen molar-refractivity contribution in [2.75, 3.05) is 13.2 Å². The zero-order valence-corrected chi connectivity index (χ0v) is 14.9. The van der Waals surface area contributed by atoms with Gasteiger partial charge < -0.3 is 15.2 Å². The first kappa shape index (κ1) is 21.9. The average molecular weight is 422 g/mol. The molecule has 1 atom stereocenters. The predicted octanol–water partition coefficient (Wildman–Crippen LogP) is 3.58. The molecule has 0 radical (unpaired) electrons. The average Bonchev–Trinajstić information content (AvgIpc) is 2.64. The summed E-state index contributed by atoms with van der Waals surface area (Å²) >= 11 is 0.114. The lowest BCUT2D eigenvalue weighted by Gasteiger charge is -2.15. The van der Waals surface area contributed by atoms with Gasteiger partial charge in [-0.25, -0.2) is 4.98 Å². The van der Waals surface area contributed by atoms with Crippen LogP contribution in [0.25, 0.3) is 0 Å². The number of rotatable bonds is 8. The topological polar surface area (TPSA) is 71.5 Å². The van der Waals surface area contributed by atoms with E-state index in [1.165, 1.54) is 24.4 Å². The number of halogens is 5. The van der Waals surface area contributed by atoms with Crippen molar-refractivity contribution < 1.29 is 36.6 Å². The molecule has 1 aromatic carbocycles. The number of aliphatic hydroxyl groups excluding tert-OH is 1. The van der Waals surface area contributed by atoms with Gasteiger partial charge in [-0.15, -0.1) is 0 Å². The number of nitrogens with zero attached hydrogens (tertiary/aromatic N) is 1. The van der Waals surface area contributed by atoms with E-state index in [0.717, 1.165) is 18.2 Å². The van der Waals surface area contributed by atoms with E-state index in [9.17, 15) is 31.9 Å². The maximum atomic E-state index is 12.6. The summed E-state index contributed by atoms with van der Waals surface area (Å²) in [6.07, 6.45) is -4.50. The van der Waals surface area contributed by atoms with E-state index in [1.54, 1.807) is 0 Å². The highest BCUT2D eigenvalue weighted by Crippen LogP contribution is 2.31. The minimum absolute atomic E-state index is 0.0844. The molecule has 0 bridgehead atoms. The second-order valence-electron chi connectivity index (χ2n) is 5.44. The number of aromatic nitrogens is 1. The first-order chi connectivity index (χ1) is 13.2. The van der Waals surface area contributed by atoms with Crippen LogP contribution in [0.4, 0.5) is 22.0 Å². The second-order valence-corrected chi connectivity index (χ2v) is 6.41. The lowest BCUT2D eigenvalue weighted by Crippen LogP contribution is -2.35. The SMILES string of the molecule is O=C(NCC(O)COc1cccc(C(F)(F)F)c1)c1cccnc1SC(F)F. The lowest BCUT2D eigenvalue weighted by molar-refractivity contribution is -0.137. The smallest absolute Gasteiger partial charge is 0.416 e. The molecule has 0 spiro atoms. The fourth-order valence-corrected chi connectivity index (χ4v) is 2.64. The van der Waals surface area contributed by atoms with Crippen LogP contribution < -0.4 is 10.1 Å². The fraction of sp³-hybridized carbons (Fsp3) is 0.294. The number of ether oxygens (including phenoxy) is 1. The van der Waals surface area contributed by atoms with E-state index in [-0.39, 0.29) is 41.3 Å². The van der Waals surface area contributed by atoms with Crippen LogP contribution >= 0.6 is 11.8 Å². The van der Waals surface area contributed by atoms with Gasteiger partial charge in [0.2, 0.25) is 0 Å². The van der Waals surface area contributed by atoms with Crippen LogP contribution in [-0.2, 0) is 6.18 Å². The molecule has 5 nitrogen and oxygen atoms in total. The van der Waals surface area contributed by atoms with Gasteiger partial charge in [-0.1, -0.05) is 6.07 Å². The molecule has 28 heavy (non-hydrogen) atoms. The van der Waals surface area contributed by atoms with Gasteiger partial charge in [0.1, 0.15) is 23.5 Å². The van der Waals surface area contributed by atoms with Crippen LogP contribution in [0.3, 0.4) is 0 Å². The first-order valence-corrected chi connectivity index (χ1v) is 8.71. The molecule has 152 valence electrons. The monoisotopic (exact) mass is 422 g/mol. The summed E-state index contributed by atoms with van der Waals surface area (Å²) in [5.41, 5.74) is -0.979. The van der Waals surface area contributed by atoms with E-state index in [2.05, 4.69) is 10.3 Å². The van der Waals surface area contributed by atoms with Crippen LogP contribution in [0.5, 0.6) is 5.75 Å². The Morgan fingerprint density at radius 1 is 1.25 bits per heavy atom. The van der Waals surface area contributed by atoms with Crippen LogP contribution in [0, 0.1) is 0 Å². The molecule has 0 aliphatic rings. The van der Waals surface area contributed by atoms with E-state index in [1.807, 2.05) is 0 Å². The Kier molecular flexibility index (Phi) is 7.58. The van der Waals surface area contributed by atoms with Gasteiger partial charge in [-0.05, 0) is 42.1 Å². The van der Waals surface area contributed by atoms with Gasteiger partial charge >= 0.3 is 6.18 Å². The van der Waals surface area contributed by atoms with Crippen molar-refractivity contribution in [3.63, 3.8) is 0 Å². The Balaban J connectivity index is 1.88.